The Hall–Kier alpha value is -2.35. The van der Waals surface area contributed by atoms with E-state index in [2.05, 4.69) is 9.97 Å². The van der Waals surface area contributed by atoms with Crippen molar-refractivity contribution >= 4 is 35.1 Å². The molecule has 0 aliphatic carbocycles. The van der Waals surface area contributed by atoms with Gasteiger partial charge in [-0.3, -0.25) is 4.79 Å². The Kier molecular flexibility index (Phi) is 5.55. The molecule has 2 aromatic rings. The zero-order valence-electron chi connectivity index (χ0n) is 15.0. The van der Waals surface area contributed by atoms with Gasteiger partial charge in [0, 0.05) is 24.9 Å². The molecular formula is C18H20Cl2N6O. The molecular weight excluding hydrogens is 387 g/mol. The molecule has 0 saturated heterocycles. The number of nitrogens with two attached hydrogens (primary N) is 2. The maximum Gasteiger partial charge on any atom is 0.255 e. The number of hydrogen-bond acceptors (Lipinski definition) is 6. The maximum atomic E-state index is 13.0. The minimum absolute atomic E-state index is 0.229. The van der Waals surface area contributed by atoms with Crippen LogP contribution >= 0.6 is 23.2 Å². The Balaban J connectivity index is 1.88. The summed E-state index contributed by atoms with van der Waals surface area (Å²) in [6, 6.07) is 6.40. The van der Waals surface area contributed by atoms with Crippen LogP contribution in [-0.2, 0) is 0 Å². The van der Waals surface area contributed by atoms with E-state index in [0.29, 0.717) is 40.9 Å². The van der Waals surface area contributed by atoms with Gasteiger partial charge in [-0.25, -0.2) is 20.8 Å². The number of amides is 1. The number of benzene rings is 1. The number of halogens is 2. The second-order valence-electron chi connectivity index (χ2n) is 6.30. The van der Waals surface area contributed by atoms with Gasteiger partial charge in [0.2, 0.25) is 5.95 Å². The third-order valence-corrected chi connectivity index (χ3v) is 5.39. The summed E-state index contributed by atoms with van der Waals surface area (Å²) in [4.78, 5) is 23.1. The van der Waals surface area contributed by atoms with Gasteiger partial charge in [0.25, 0.3) is 5.91 Å². The maximum absolute atomic E-state index is 13.0. The number of aromatic nitrogens is 2. The largest absolute Gasteiger partial charge is 0.399 e. The second-order valence-corrected chi connectivity index (χ2v) is 7.08. The molecule has 4 N–H and O–H groups in total. The molecule has 1 aliphatic heterocycles. The average Bonchev–Trinajstić information content (AvgIpc) is 2.65. The molecule has 2 heterocycles. The quantitative estimate of drug-likeness (QED) is 0.599. The molecule has 7 nitrogen and oxygen atoms in total. The van der Waals surface area contributed by atoms with Gasteiger partial charge < -0.3 is 10.6 Å². The van der Waals surface area contributed by atoms with Crippen molar-refractivity contribution in [1.82, 2.24) is 14.9 Å². The molecule has 1 aromatic heterocycles. The van der Waals surface area contributed by atoms with E-state index in [9.17, 15) is 4.79 Å². The van der Waals surface area contributed by atoms with Crippen molar-refractivity contribution < 1.29 is 4.79 Å². The third-order valence-electron chi connectivity index (χ3n) is 4.57. The molecule has 0 bridgehead atoms. The number of rotatable bonds is 3. The van der Waals surface area contributed by atoms with Crippen molar-refractivity contribution in [2.24, 2.45) is 11.6 Å². The first-order valence-corrected chi connectivity index (χ1v) is 9.14. The van der Waals surface area contributed by atoms with E-state index in [1.165, 1.54) is 5.01 Å². The molecule has 1 aromatic carbocycles. The van der Waals surface area contributed by atoms with Crippen LogP contribution in [0.1, 0.15) is 29.4 Å². The van der Waals surface area contributed by atoms with Gasteiger partial charge in [0.1, 0.15) is 0 Å². The van der Waals surface area contributed by atoms with E-state index >= 15 is 0 Å². The highest BCUT2D eigenvalue weighted by Crippen LogP contribution is 2.30. The predicted octanol–water partition coefficient (Wildman–Crippen LogP) is 2.88. The molecule has 0 fully saturated rings. The monoisotopic (exact) mass is 406 g/mol. The van der Waals surface area contributed by atoms with E-state index < -0.39 is 0 Å². The van der Waals surface area contributed by atoms with Crippen LogP contribution < -0.4 is 16.6 Å². The summed E-state index contributed by atoms with van der Waals surface area (Å²) >= 11 is 12.2. The SMILES string of the molecule is Cc1ccnc(N(N)C2=C(N)C(C)N(C(=O)c3cccc(Cl)c3Cl)CC2)n1. The molecule has 0 spiro atoms. The Labute approximate surface area is 167 Å². The van der Waals surface area contributed by atoms with Gasteiger partial charge in [-0.05, 0) is 32.0 Å². The molecule has 1 unspecified atom stereocenters. The first kappa shape index (κ1) is 19.4. The minimum Gasteiger partial charge on any atom is -0.399 e. The minimum atomic E-state index is -0.368. The summed E-state index contributed by atoms with van der Waals surface area (Å²) in [6.45, 7) is 4.13. The summed E-state index contributed by atoms with van der Waals surface area (Å²) in [6.07, 6.45) is 2.10. The van der Waals surface area contributed by atoms with Gasteiger partial charge in [-0.2, -0.15) is 0 Å². The summed E-state index contributed by atoms with van der Waals surface area (Å²) in [5, 5.41) is 1.95. The number of aryl methyl sites for hydroxylation is 1. The van der Waals surface area contributed by atoms with Crippen molar-refractivity contribution in [3.63, 3.8) is 0 Å². The van der Waals surface area contributed by atoms with E-state index in [-0.39, 0.29) is 17.0 Å². The van der Waals surface area contributed by atoms with Crippen LogP contribution in [0.3, 0.4) is 0 Å². The lowest BCUT2D eigenvalue weighted by Crippen LogP contribution is -2.49. The van der Waals surface area contributed by atoms with E-state index in [1.54, 1.807) is 35.4 Å². The highest BCUT2D eigenvalue weighted by molar-refractivity contribution is 6.43. The fraction of sp³-hybridized carbons (Fsp3) is 0.278. The second kappa shape index (κ2) is 7.72. The number of carbonyl (C=O) groups excluding carboxylic acids is 1. The van der Waals surface area contributed by atoms with Gasteiger partial charge in [-0.15, -0.1) is 0 Å². The lowest BCUT2D eigenvalue weighted by Gasteiger charge is -2.37. The lowest BCUT2D eigenvalue weighted by atomic mass is 10.0. The summed E-state index contributed by atoms with van der Waals surface area (Å²) in [7, 11) is 0. The standard InChI is InChI=1S/C18H20Cl2N6O/c1-10-6-8-23-18(24-10)26(22)14-7-9-25(11(2)16(14)21)17(27)12-4-3-5-13(19)15(12)20/h3-6,8,11H,7,9,21-22H2,1-2H3. The zero-order chi connectivity index (χ0) is 19.7. The normalized spacial score (nSPS) is 17.2. The first-order chi connectivity index (χ1) is 12.8. The first-order valence-electron chi connectivity index (χ1n) is 8.39. The zero-order valence-corrected chi connectivity index (χ0v) is 16.5. The molecule has 142 valence electrons. The number of hydrazine groups is 1. The van der Waals surface area contributed by atoms with Crippen molar-refractivity contribution in [2.75, 3.05) is 11.6 Å². The van der Waals surface area contributed by atoms with Crippen LogP contribution in [0.15, 0.2) is 41.9 Å². The molecule has 9 heteroatoms. The number of anilines is 1. The third kappa shape index (κ3) is 3.71. The number of carbonyl (C=O) groups is 1. The predicted molar refractivity (Wildman–Crippen MR) is 106 cm³/mol. The van der Waals surface area contributed by atoms with Crippen LogP contribution in [-0.4, -0.2) is 33.4 Å². The Morgan fingerprint density at radius 3 is 2.78 bits per heavy atom. The Morgan fingerprint density at radius 2 is 2.07 bits per heavy atom. The average molecular weight is 407 g/mol. The van der Waals surface area contributed by atoms with Crippen molar-refractivity contribution in [2.45, 2.75) is 26.3 Å². The molecule has 1 aliphatic rings. The van der Waals surface area contributed by atoms with Crippen LogP contribution in [0, 0.1) is 6.92 Å². The van der Waals surface area contributed by atoms with Crippen molar-refractivity contribution in [3.05, 3.63) is 63.2 Å². The van der Waals surface area contributed by atoms with Crippen LogP contribution in [0.5, 0.6) is 0 Å². The topological polar surface area (TPSA) is 101 Å². The lowest BCUT2D eigenvalue weighted by molar-refractivity contribution is 0.0704. The molecule has 0 radical (unpaired) electrons. The van der Waals surface area contributed by atoms with Gasteiger partial charge in [-0.1, -0.05) is 29.3 Å². The number of nitrogens with zero attached hydrogens (tertiary/aromatic N) is 4. The highest BCUT2D eigenvalue weighted by atomic mass is 35.5. The molecule has 3 rings (SSSR count). The van der Waals surface area contributed by atoms with Crippen LogP contribution in [0.25, 0.3) is 0 Å². The summed E-state index contributed by atoms with van der Waals surface area (Å²) in [5.74, 6) is 6.33. The van der Waals surface area contributed by atoms with Gasteiger partial charge >= 0.3 is 0 Å². The van der Waals surface area contributed by atoms with Crippen molar-refractivity contribution in [1.29, 1.82) is 0 Å². The fourth-order valence-electron chi connectivity index (χ4n) is 3.01. The Bertz CT molecular complexity index is 916. The summed E-state index contributed by atoms with van der Waals surface area (Å²) in [5.41, 5.74) is 8.64. The van der Waals surface area contributed by atoms with Gasteiger partial charge in [0.05, 0.1) is 33.0 Å². The van der Waals surface area contributed by atoms with Gasteiger partial charge in [0.15, 0.2) is 0 Å². The van der Waals surface area contributed by atoms with Crippen LogP contribution in [0.4, 0.5) is 5.95 Å². The fourth-order valence-corrected chi connectivity index (χ4v) is 3.39. The van der Waals surface area contributed by atoms with Crippen LogP contribution in [0.2, 0.25) is 10.0 Å². The molecule has 27 heavy (non-hydrogen) atoms. The van der Waals surface area contributed by atoms with E-state index in [1.807, 2.05) is 13.8 Å². The van der Waals surface area contributed by atoms with E-state index in [4.69, 9.17) is 34.8 Å². The molecule has 1 atom stereocenters. The van der Waals surface area contributed by atoms with E-state index in [0.717, 1.165) is 5.69 Å². The number of hydrogen-bond donors (Lipinski definition) is 2. The molecule has 1 amide bonds. The smallest absolute Gasteiger partial charge is 0.255 e. The summed E-state index contributed by atoms with van der Waals surface area (Å²) < 4.78 is 0. The Morgan fingerprint density at radius 1 is 1.33 bits per heavy atom. The highest BCUT2D eigenvalue weighted by Gasteiger charge is 2.32. The van der Waals surface area contributed by atoms with Crippen molar-refractivity contribution in [3.8, 4) is 0 Å². The molecule has 0 saturated carbocycles.